The number of carbonyl (C=O) groups is 3. The van der Waals surface area contributed by atoms with Crippen LogP contribution in [0.2, 0.25) is 0 Å². The van der Waals surface area contributed by atoms with Crippen LogP contribution in [-0.2, 0) is 22.4 Å². The molecule has 0 saturated carbocycles. The third-order valence-corrected chi connectivity index (χ3v) is 5.98. The quantitative estimate of drug-likeness (QED) is 0.293. The summed E-state index contributed by atoms with van der Waals surface area (Å²) in [6.07, 6.45) is 3.38. The van der Waals surface area contributed by atoms with E-state index in [-0.39, 0.29) is 18.3 Å². The van der Waals surface area contributed by atoms with Gasteiger partial charge in [0.1, 0.15) is 11.8 Å². The smallest absolute Gasteiger partial charge is 0.410 e. The number of carbonyl (C=O) groups excluding carboxylic acids is 3. The van der Waals surface area contributed by atoms with Crippen molar-refractivity contribution < 1.29 is 19.1 Å². The van der Waals surface area contributed by atoms with Gasteiger partial charge in [0.25, 0.3) is 0 Å². The highest BCUT2D eigenvalue weighted by Gasteiger charge is 2.21. The van der Waals surface area contributed by atoms with Crippen molar-refractivity contribution in [3.63, 3.8) is 0 Å². The van der Waals surface area contributed by atoms with Crippen LogP contribution in [0, 0.1) is 13.8 Å². The average molecular weight is 533 g/mol. The van der Waals surface area contributed by atoms with Crippen molar-refractivity contribution in [3.05, 3.63) is 64.7 Å². The van der Waals surface area contributed by atoms with Crippen molar-refractivity contribution in [2.75, 3.05) is 13.1 Å². The molecular formula is C28H41ClN4O4. The Kier molecular flexibility index (Phi) is 14.3. The Hall–Kier alpha value is -3.10. The van der Waals surface area contributed by atoms with Gasteiger partial charge < -0.3 is 26.4 Å². The number of amides is 3. The number of rotatable bonds is 13. The van der Waals surface area contributed by atoms with Gasteiger partial charge in [0.2, 0.25) is 11.8 Å². The molecule has 0 spiro atoms. The van der Waals surface area contributed by atoms with E-state index in [1.165, 1.54) is 5.56 Å². The van der Waals surface area contributed by atoms with Crippen molar-refractivity contribution in [2.24, 2.45) is 5.73 Å². The summed E-state index contributed by atoms with van der Waals surface area (Å²) in [5.41, 5.74) is 10.1. The Labute approximate surface area is 226 Å². The highest BCUT2D eigenvalue weighted by molar-refractivity contribution is 5.89. The highest BCUT2D eigenvalue weighted by atomic mass is 35.5. The van der Waals surface area contributed by atoms with Crippen LogP contribution >= 0.6 is 12.4 Å². The van der Waals surface area contributed by atoms with Gasteiger partial charge in [-0.15, -0.1) is 12.4 Å². The standard InChI is InChI=1S/C28H40N4O4.ClH/c1-5-6-14-31-28(35)36-23-16-19(2)24(20(3)17-23)18-25(29)27(34)32-21(4)26(33)30-15-10-13-22-11-8-7-9-12-22;/h7-9,11-12,16-17,21,25H,5-6,10,13-15,18,29H2,1-4H3,(H,30,33)(H,31,35)(H,32,34);1H/t21-,25+;/m1./s1. The van der Waals surface area contributed by atoms with Crippen LogP contribution in [0.1, 0.15) is 55.4 Å². The Morgan fingerprint density at radius 3 is 2.19 bits per heavy atom. The lowest BCUT2D eigenvalue weighted by Gasteiger charge is -2.19. The molecule has 0 unspecified atom stereocenters. The number of hydrogen-bond acceptors (Lipinski definition) is 5. The molecule has 2 aromatic rings. The molecule has 2 rings (SSSR count). The summed E-state index contributed by atoms with van der Waals surface area (Å²) in [5, 5.41) is 8.28. The molecule has 0 aliphatic rings. The Balaban J connectivity index is 0.00000684. The molecule has 8 nitrogen and oxygen atoms in total. The van der Waals surface area contributed by atoms with Crippen molar-refractivity contribution in [1.29, 1.82) is 0 Å². The zero-order valence-electron chi connectivity index (χ0n) is 22.3. The first-order valence-electron chi connectivity index (χ1n) is 12.6. The molecule has 2 aromatic carbocycles. The summed E-state index contributed by atoms with van der Waals surface area (Å²) in [6.45, 7) is 8.57. The van der Waals surface area contributed by atoms with Crippen LogP contribution in [0.15, 0.2) is 42.5 Å². The van der Waals surface area contributed by atoms with Gasteiger partial charge in [-0.25, -0.2) is 4.79 Å². The van der Waals surface area contributed by atoms with E-state index in [1.54, 1.807) is 19.1 Å². The molecule has 204 valence electrons. The Morgan fingerprint density at radius 1 is 0.946 bits per heavy atom. The van der Waals surface area contributed by atoms with Crippen molar-refractivity contribution in [1.82, 2.24) is 16.0 Å². The van der Waals surface area contributed by atoms with Crippen molar-refractivity contribution in [2.45, 2.75) is 71.9 Å². The van der Waals surface area contributed by atoms with E-state index < -0.39 is 24.1 Å². The maximum atomic E-state index is 12.6. The molecule has 9 heteroatoms. The van der Waals surface area contributed by atoms with Crippen LogP contribution in [0.4, 0.5) is 4.79 Å². The first-order valence-corrected chi connectivity index (χ1v) is 12.6. The van der Waals surface area contributed by atoms with E-state index in [2.05, 4.69) is 28.1 Å². The van der Waals surface area contributed by atoms with E-state index >= 15 is 0 Å². The lowest BCUT2D eigenvalue weighted by atomic mass is 9.96. The Bertz CT molecular complexity index is 993. The normalized spacial score (nSPS) is 12.0. The first-order chi connectivity index (χ1) is 17.2. The minimum atomic E-state index is -0.820. The summed E-state index contributed by atoms with van der Waals surface area (Å²) >= 11 is 0. The molecule has 0 aliphatic carbocycles. The predicted molar refractivity (Wildman–Crippen MR) is 149 cm³/mol. The number of nitrogens with two attached hydrogens (primary N) is 1. The number of nitrogens with one attached hydrogen (secondary N) is 3. The second-order valence-electron chi connectivity index (χ2n) is 9.13. The molecule has 3 amide bonds. The molecule has 2 atom stereocenters. The van der Waals surface area contributed by atoms with Crippen LogP contribution < -0.4 is 26.4 Å². The summed E-state index contributed by atoms with van der Waals surface area (Å²) < 4.78 is 5.37. The number of halogens is 1. The highest BCUT2D eigenvalue weighted by Crippen LogP contribution is 2.23. The van der Waals surface area contributed by atoms with Gasteiger partial charge in [0, 0.05) is 13.1 Å². The van der Waals surface area contributed by atoms with Gasteiger partial charge in [-0.3, -0.25) is 9.59 Å². The van der Waals surface area contributed by atoms with E-state index in [1.807, 2.05) is 39.0 Å². The second-order valence-corrected chi connectivity index (χ2v) is 9.13. The third kappa shape index (κ3) is 11.2. The first kappa shape index (κ1) is 31.9. The topological polar surface area (TPSA) is 123 Å². The number of unbranched alkanes of at least 4 members (excludes halogenated alkanes) is 1. The van der Waals surface area contributed by atoms with Crippen molar-refractivity contribution >= 4 is 30.3 Å². The zero-order valence-corrected chi connectivity index (χ0v) is 23.1. The van der Waals surface area contributed by atoms with Gasteiger partial charge in [-0.05, 0) is 80.8 Å². The molecule has 0 aliphatic heterocycles. The van der Waals surface area contributed by atoms with E-state index in [9.17, 15) is 14.4 Å². The number of hydrogen-bond donors (Lipinski definition) is 4. The second kappa shape index (κ2) is 16.6. The summed E-state index contributed by atoms with van der Waals surface area (Å²) in [6, 6.07) is 12.1. The molecular weight excluding hydrogens is 492 g/mol. The molecule has 0 aromatic heterocycles. The molecule has 5 N–H and O–H groups in total. The molecule has 0 heterocycles. The van der Waals surface area contributed by atoms with Crippen LogP contribution in [-0.4, -0.2) is 43.1 Å². The van der Waals surface area contributed by atoms with Gasteiger partial charge in [0.15, 0.2) is 0 Å². The monoisotopic (exact) mass is 532 g/mol. The van der Waals surface area contributed by atoms with Crippen molar-refractivity contribution in [3.8, 4) is 5.75 Å². The van der Waals surface area contributed by atoms with Gasteiger partial charge in [-0.2, -0.15) is 0 Å². The lowest BCUT2D eigenvalue weighted by Crippen LogP contribution is -2.51. The van der Waals surface area contributed by atoms with Gasteiger partial charge in [-0.1, -0.05) is 43.7 Å². The number of benzene rings is 2. The molecule has 0 radical (unpaired) electrons. The number of aryl methyl sites for hydroxylation is 3. The minimum absolute atomic E-state index is 0. The molecule has 0 bridgehead atoms. The predicted octanol–water partition coefficient (Wildman–Crippen LogP) is 3.74. The zero-order chi connectivity index (χ0) is 26.5. The fourth-order valence-electron chi connectivity index (χ4n) is 3.85. The summed E-state index contributed by atoms with van der Waals surface area (Å²) in [5.74, 6) is -0.190. The third-order valence-electron chi connectivity index (χ3n) is 5.98. The van der Waals surface area contributed by atoms with Crippen LogP contribution in [0.3, 0.4) is 0 Å². The fraction of sp³-hybridized carbons (Fsp3) is 0.464. The van der Waals surface area contributed by atoms with Gasteiger partial charge in [0.05, 0.1) is 6.04 Å². The maximum Gasteiger partial charge on any atom is 0.412 e. The molecule has 0 saturated heterocycles. The number of ether oxygens (including phenoxy) is 1. The molecule has 37 heavy (non-hydrogen) atoms. The van der Waals surface area contributed by atoms with Crippen LogP contribution in [0.5, 0.6) is 5.75 Å². The Morgan fingerprint density at radius 2 is 1.57 bits per heavy atom. The van der Waals surface area contributed by atoms with E-state index in [0.717, 1.165) is 42.4 Å². The summed E-state index contributed by atoms with van der Waals surface area (Å²) in [4.78, 5) is 36.9. The van der Waals surface area contributed by atoms with E-state index in [0.29, 0.717) is 25.3 Å². The summed E-state index contributed by atoms with van der Waals surface area (Å²) in [7, 11) is 0. The molecule has 0 fully saturated rings. The minimum Gasteiger partial charge on any atom is -0.410 e. The largest absolute Gasteiger partial charge is 0.412 e. The van der Waals surface area contributed by atoms with Crippen LogP contribution in [0.25, 0.3) is 0 Å². The fourth-order valence-corrected chi connectivity index (χ4v) is 3.85. The maximum absolute atomic E-state index is 12.6. The SMILES string of the molecule is CCCCNC(=O)Oc1cc(C)c(C[C@H](N)C(=O)N[C@H](C)C(=O)NCCCc2ccccc2)c(C)c1.Cl. The van der Waals surface area contributed by atoms with Gasteiger partial charge >= 0.3 is 6.09 Å². The lowest BCUT2D eigenvalue weighted by molar-refractivity contribution is -0.129. The average Bonchev–Trinajstić information content (AvgIpc) is 2.84. The van der Waals surface area contributed by atoms with E-state index in [4.69, 9.17) is 10.5 Å².